The van der Waals surface area contributed by atoms with Gasteiger partial charge in [-0.1, -0.05) is 12.1 Å². The number of rotatable bonds is 6. The summed E-state index contributed by atoms with van der Waals surface area (Å²) in [6.45, 7) is 6.30. The Morgan fingerprint density at radius 2 is 1.65 bits per heavy atom. The highest BCUT2D eigenvalue weighted by Gasteiger charge is 2.25. The molecule has 1 aliphatic heterocycles. The Bertz CT molecular complexity index is 788. The number of hydrogen-bond acceptors (Lipinski definition) is 4. The van der Waals surface area contributed by atoms with Crippen molar-refractivity contribution in [1.29, 1.82) is 0 Å². The molecule has 2 aromatic carbocycles. The van der Waals surface area contributed by atoms with Gasteiger partial charge in [0, 0.05) is 13.1 Å². The standard InChI is InChI=1S/C21H25NO4/c1-4-25-19-12-15-10-11-22(14-16(15)13-20(19)26-5-2)21(23)17-8-6-7-9-18(17)24-3/h6-9,12-13H,4-5,10-11,14H2,1-3H3. The number of hydrogen-bond donors (Lipinski definition) is 0. The molecule has 0 aromatic heterocycles. The Hall–Kier alpha value is -2.69. The second-order valence-electron chi connectivity index (χ2n) is 6.11. The average Bonchev–Trinajstić information content (AvgIpc) is 2.68. The van der Waals surface area contributed by atoms with Crippen LogP contribution in [0.1, 0.15) is 35.3 Å². The monoisotopic (exact) mass is 355 g/mol. The Labute approximate surface area is 154 Å². The summed E-state index contributed by atoms with van der Waals surface area (Å²) in [6, 6.07) is 11.4. The van der Waals surface area contributed by atoms with Gasteiger partial charge in [0.25, 0.3) is 5.91 Å². The van der Waals surface area contributed by atoms with Crippen molar-refractivity contribution >= 4 is 5.91 Å². The number of methoxy groups -OCH3 is 1. The van der Waals surface area contributed by atoms with Crippen molar-refractivity contribution < 1.29 is 19.0 Å². The maximum Gasteiger partial charge on any atom is 0.257 e. The molecule has 0 atom stereocenters. The summed E-state index contributed by atoms with van der Waals surface area (Å²) in [6.07, 6.45) is 0.794. The number of carbonyl (C=O) groups is 1. The predicted octanol–water partition coefficient (Wildman–Crippen LogP) is 3.69. The molecule has 1 amide bonds. The number of carbonyl (C=O) groups excluding carboxylic acids is 1. The van der Waals surface area contributed by atoms with Crippen LogP contribution in [-0.2, 0) is 13.0 Å². The van der Waals surface area contributed by atoms with Crippen LogP contribution in [0.4, 0.5) is 0 Å². The molecule has 0 bridgehead atoms. The molecule has 5 heteroatoms. The van der Waals surface area contributed by atoms with Gasteiger partial charge in [-0.15, -0.1) is 0 Å². The maximum absolute atomic E-state index is 13.0. The van der Waals surface area contributed by atoms with Crippen molar-refractivity contribution in [2.45, 2.75) is 26.8 Å². The third-order valence-electron chi connectivity index (χ3n) is 4.50. The van der Waals surface area contributed by atoms with Crippen LogP contribution in [0.15, 0.2) is 36.4 Å². The molecule has 0 spiro atoms. The van der Waals surface area contributed by atoms with Gasteiger partial charge in [0.05, 0.1) is 25.9 Å². The zero-order chi connectivity index (χ0) is 18.5. The maximum atomic E-state index is 13.0. The second kappa shape index (κ2) is 8.13. The van der Waals surface area contributed by atoms with Crippen molar-refractivity contribution in [1.82, 2.24) is 4.90 Å². The fourth-order valence-corrected chi connectivity index (χ4v) is 3.27. The molecule has 3 rings (SSSR count). The summed E-state index contributed by atoms with van der Waals surface area (Å²) in [5.74, 6) is 2.10. The topological polar surface area (TPSA) is 48.0 Å². The molecule has 0 fully saturated rings. The largest absolute Gasteiger partial charge is 0.496 e. The van der Waals surface area contributed by atoms with Crippen LogP contribution in [0, 0.1) is 0 Å². The minimum Gasteiger partial charge on any atom is -0.496 e. The highest BCUT2D eigenvalue weighted by atomic mass is 16.5. The van der Waals surface area contributed by atoms with Gasteiger partial charge in [-0.05, 0) is 55.7 Å². The van der Waals surface area contributed by atoms with Crippen LogP contribution in [0.3, 0.4) is 0 Å². The first-order valence-electron chi connectivity index (χ1n) is 9.01. The van der Waals surface area contributed by atoms with E-state index in [4.69, 9.17) is 14.2 Å². The highest BCUT2D eigenvalue weighted by molar-refractivity contribution is 5.97. The van der Waals surface area contributed by atoms with E-state index in [2.05, 4.69) is 6.07 Å². The van der Waals surface area contributed by atoms with E-state index < -0.39 is 0 Å². The molecular formula is C21H25NO4. The van der Waals surface area contributed by atoms with E-state index >= 15 is 0 Å². The van der Waals surface area contributed by atoms with E-state index in [-0.39, 0.29) is 5.91 Å². The quantitative estimate of drug-likeness (QED) is 0.793. The third-order valence-corrected chi connectivity index (χ3v) is 4.50. The summed E-state index contributed by atoms with van der Waals surface area (Å²) >= 11 is 0. The molecule has 1 heterocycles. The van der Waals surface area contributed by atoms with E-state index in [9.17, 15) is 4.79 Å². The lowest BCUT2D eigenvalue weighted by atomic mass is 9.98. The van der Waals surface area contributed by atoms with E-state index in [0.717, 1.165) is 23.5 Å². The first-order valence-corrected chi connectivity index (χ1v) is 9.01. The normalized spacial score (nSPS) is 13.1. The summed E-state index contributed by atoms with van der Waals surface area (Å²) in [5.41, 5.74) is 2.90. The van der Waals surface area contributed by atoms with Gasteiger partial charge in [0.2, 0.25) is 0 Å². The van der Waals surface area contributed by atoms with Gasteiger partial charge < -0.3 is 19.1 Å². The van der Waals surface area contributed by atoms with Crippen molar-refractivity contribution in [2.75, 3.05) is 26.9 Å². The van der Waals surface area contributed by atoms with Crippen molar-refractivity contribution in [3.05, 3.63) is 53.1 Å². The van der Waals surface area contributed by atoms with Gasteiger partial charge >= 0.3 is 0 Å². The van der Waals surface area contributed by atoms with Crippen molar-refractivity contribution in [3.63, 3.8) is 0 Å². The van der Waals surface area contributed by atoms with Crippen LogP contribution in [0.25, 0.3) is 0 Å². The van der Waals surface area contributed by atoms with E-state index in [0.29, 0.717) is 37.6 Å². The van der Waals surface area contributed by atoms with Gasteiger partial charge in [-0.3, -0.25) is 4.79 Å². The summed E-state index contributed by atoms with van der Waals surface area (Å²) in [5, 5.41) is 0. The fraction of sp³-hybridized carbons (Fsp3) is 0.381. The number of ether oxygens (including phenoxy) is 3. The molecule has 0 N–H and O–H groups in total. The molecule has 138 valence electrons. The van der Waals surface area contributed by atoms with E-state index in [1.165, 1.54) is 5.56 Å². The number of fused-ring (bicyclic) bond motifs is 1. The summed E-state index contributed by atoms with van der Waals surface area (Å²) < 4.78 is 16.8. The molecule has 0 radical (unpaired) electrons. The predicted molar refractivity (Wildman–Crippen MR) is 100 cm³/mol. The number of benzene rings is 2. The smallest absolute Gasteiger partial charge is 0.257 e. The van der Waals surface area contributed by atoms with Crippen LogP contribution in [-0.4, -0.2) is 37.7 Å². The number of amides is 1. The van der Waals surface area contributed by atoms with Crippen molar-refractivity contribution in [3.8, 4) is 17.2 Å². The molecule has 1 aliphatic rings. The van der Waals surface area contributed by atoms with Crippen LogP contribution in [0.5, 0.6) is 17.2 Å². The Morgan fingerprint density at radius 3 is 2.31 bits per heavy atom. The molecule has 0 unspecified atom stereocenters. The Balaban J connectivity index is 1.86. The Kier molecular flexibility index (Phi) is 5.66. The van der Waals surface area contributed by atoms with Gasteiger partial charge in [0.1, 0.15) is 5.75 Å². The highest BCUT2D eigenvalue weighted by Crippen LogP contribution is 2.34. The van der Waals surface area contributed by atoms with Crippen LogP contribution in [0.2, 0.25) is 0 Å². The van der Waals surface area contributed by atoms with Crippen LogP contribution < -0.4 is 14.2 Å². The zero-order valence-electron chi connectivity index (χ0n) is 15.6. The van der Waals surface area contributed by atoms with E-state index in [1.54, 1.807) is 13.2 Å². The molecule has 26 heavy (non-hydrogen) atoms. The molecule has 0 saturated heterocycles. The molecule has 0 aliphatic carbocycles. The molecule has 2 aromatic rings. The summed E-state index contributed by atoms with van der Waals surface area (Å²) in [7, 11) is 1.58. The van der Waals surface area contributed by atoms with Crippen LogP contribution >= 0.6 is 0 Å². The van der Waals surface area contributed by atoms with E-state index in [1.807, 2.05) is 43.0 Å². The SMILES string of the molecule is CCOc1cc2c(cc1OCC)CN(C(=O)c1ccccc1OC)CC2. The molecular weight excluding hydrogens is 330 g/mol. The lowest BCUT2D eigenvalue weighted by molar-refractivity contribution is 0.0731. The van der Waals surface area contributed by atoms with Gasteiger partial charge in [-0.25, -0.2) is 0 Å². The lowest BCUT2D eigenvalue weighted by Gasteiger charge is -2.30. The third kappa shape index (κ3) is 3.62. The van der Waals surface area contributed by atoms with Gasteiger partial charge in [-0.2, -0.15) is 0 Å². The summed E-state index contributed by atoms with van der Waals surface area (Å²) in [4.78, 5) is 14.8. The minimum absolute atomic E-state index is 0.0139. The average molecular weight is 355 g/mol. The minimum atomic E-state index is -0.0139. The second-order valence-corrected chi connectivity index (χ2v) is 6.11. The first-order chi connectivity index (χ1) is 12.7. The lowest BCUT2D eigenvalue weighted by Crippen LogP contribution is -2.36. The van der Waals surface area contributed by atoms with Gasteiger partial charge in [0.15, 0.2) is 11.5 Å². The number of para-hydroxylation sites is 1. The Morgan fingerprint density at radius 1 is 1.00 bits per heavy atom. The zero-order valence-corrected chi connectivity index (χ0v) is 15.6. The molecule has 0 saturated carbocycles. The molecule has 5 nitrogen and oxygen atoms in total. The number of nitrogens with zero attached hydrogens (tertiary/aromatic N) is 1. The fourth-order valence-electron chi connectivity index (χ4n) is 3.27. The first kappa shape index (κ1) is 18.1. The van der Waals surface area contributed by atoms with Crippen molar-refractivity contribution in [2.24, 2.45) is 0 Å².